The highest BCUT2D eigenvalue weighted by molar-refractivity contribution is 5.75. The second-order valence-corrected chi connectivity index (χ2v) is 8.54. The summed E-state index contributed by atoms with van der Waals surface area (Å²) in [5.41, 5.74) is 1.71. The van der Waals surface area contributed by atoms with Crippen LogP contribution in [-0.4, -0.2) is 95.1 Å². The number of benzene rings is 2. The van der Waals surface area contributed by atoms with Crippen molar-refractivity contribution in [2.75, 3.05) is 27.4 Å². The van der Waals surface area contributed by atoms with Crippen molar-refractivity contribution in [2.45, 2.75) is 43.0 Å². The van der Waals surface area contributed by atoms with E-state index in [0.717, 1.165) is 5.56 Å². The van der Waals surface area contributed by atoms with E-state index in [1.165, 1.54) is 32.4 Å². The van der Waals surface area contributed by atoms with Crippen LogP contribution in [0.1, 0.15) is 22.6 Å². The van der Waals surface area contributed by atoms with Gasteiger partial charge in [-0.25, -0.2) is 0 Å². The summed E-state index contributed by atoms with van der Waals surface area (Å²) < 4.78 is 22.1. The predicted octanol–water partition coefficient (Wildman–Crippen LogP) is 0.119. The first kappa shape index (κ1) is 28.4. The standard InChI is InChI=1S/C26H32O11/c1-34-19-10-15(5-6-18(19)30)8-16(12-28)17-9-14(4-3-7-27)11-20(35-2)25(17)37-26-24(33)23(32)22(31)21(13-29)36-26/h3-7,9-11,16,21-24,26,28-33H,8,12-13H2,1-2H3. The van der Waals surface area contributed by atoms with Crippen molar-refractivity contribution >= 4 is 12.4 Å². The molecule has 0 aliphatic carbocycles. The number of hydrogen-bond donors (Lipinski definition) is 6. The molecule has 0 bridgehead atoms. The smallest absolute Gasteiger partial charge is 0.229 e. The number of phenols is 1. The minimum atomic E-state index is -1.67. The Hall–Kier alpha value is -3.19. The van der Waals surface area contributed by atoms with Crippen molar-refractivity contribution in [3.05, 3.63) is 53.1 Å². The zero-order chi connectivity index (χ0) is 27.1. The number of carbonyl (C=O) groups excluding carboxylic acids is 1. The highest BCUT2D eigenvalue weighted by atomic mass is 16.7. The van der Waals surface area contributed by atoms with Crippen molar-refractivity contribution in [3.63, 3.8) is 0 Å². The molecule has 0 spiro atoms. The Morgan fingerprint density at radius 2 is 1.73 bits per heavy atom. The average Bonchev–Trinajstić information content (AvgIpc) is 2.91. The summed E-state index contributed by atoms with van der Waals surface area (Å²) in [6.07, 6.45) is -3.87. The first-order valence-corrected chi connectivity index (χ1v) is 11.6. The molecule has 0 saturated carbocycles. The number of methoxy groups -OCH3 is 2. The van der Waals surface area contributed by atoms with Crippen molar-refractivity contribution in [2.24, 2.45) is 0 Å². The molecule has 1 aliphatic heterocycles. The summed E-state index contributed by atoms with van der Waals surface area (Å²) in [5.74, 6) is -0.123. The maximum atomic E-state index is 10.9. The summed E-state index contributed by atoms with van der Waals surface area (Å²) in [6.45, 7) is -0.982. The number of aldehydes is 1. The molecule has 6 unspecified atom stereocenters. The molecule has 0 amide bonds. The number of ether oxygens (including phenoxy) is 4. The van der Waals surface area contributed by atoms with E-state index < -0.39 is 43.2 Å². The lowest BCUT2D eigenvalue weighted by atomic mass is 9.90. The van der Waals surface area contributed by atoms with Gasteiger partial charge in [-0.3, -0.25) is 4.79 Å². The SMILES string of the molecule is COc1cc(CC(CO)c2cc(C=CC=O)cc(OC)c2OC2OC(CO)C(O)C(O)C2O)ccc1O. The summed E-state index contributed by atoms with van der Waals surface area (Å²) in [7, 11) is 2.80. The van der Waals surface area contributed by atoms with Crippen LogP contribution in [0.4, 0.5) is 0 Å². The van der Waals surface area contributed by atoms with Gasteiger partial charge >= 0.3 is 0 Å². The Labute approximate surface area is 213 Å². The van der Waals surface area contributed by atoms with Crippen molar-refractivity contribution in [1.29, 1.82) is 0 Å². The normalized spacial score (nSPS) is 24.6. The number of phenolic OH excluding ortho intramolecular Hbond substituents is 1. The molecule has 11 heteroatoms. The van der Waals surface area contributed by atoms with Crippen LogP contribution in [0, 0.1) is 0 Å². The Bertz CT molecular complexity index is 1080. The molecule has 2 aromatic rings. The van der Waals surface area contributed by atoms with E-state index >= 15 is 0 Å². The number of carbonyl (C=O) groups is 1. The van der Waals surface area contributed by atoms with Crippen molar-refractivity contribution in [3.8, 4) is 23.0 Å². The molecule has 6 N–H and O–H groups in total. The molecule has 2 aromatic carbocycles. The van der Waals surface area contributed by atoms with Gasteiger partial charge in [0.05, 0.1) is 27.4 Å². The zero-order valence-electron chi connectivity index (χ0n) is 20.4. The third-order valence-corrected chi connectivity index (χ3v) is 6.16. The Morgan fingerprint density at radius 3 is 2.35 bits per heavy atom. The first-order valence-electron chi connectivity index (χ1n) is 11.6. The fraction of sp³-hybridized carbons (Fsp3) is 0.423. The molecular formula is C26H32O11. The van der Waals surface area contributed by atoms with Gasteiger partial charge in [0.2, 0.25) is 6.29 Å². The van der Waals surface area contributed by atoms with Gasteiger partial charge in [0, 0.05) is 11.5 Å². The Morgan fingerprint density at radius 1 is 1.00 bits per heavy atom. The lowest BCUT2D eigenvalue weighted by Gasteiger charge is -2.40. The number of aliphatic hydroxyl groups is 5. The molecule has 0 radical (unpaired) electrons. The van der Waals surface area contributed by atoms with Gasteiger partial charge in [-0.05, 0) is 47.9 Å². The summed E-state index contributed by atoms with van der Waals surface area (Å²) in [4.78, 5) is 10.9. The third-order valence-electron chi connectivity index (χ3n) is 6.16. The zero-order valence-corrected chi connectivity index (χ0v) is 20.4. The molecule has 0 aromatic heterocycles. The van der Waals surface area contributed by atoms with Crippen LogP contribution in [0.15, 0.2) is 36.4 Å². The molecule has 1 aliphatic rings. The van der Waals surface area contributed by atoms with Gasteiger partial charge in [0.1, 0.15) is 30.7 Å². The predicted molar refractivity (Wildman–Crippen MR) is 131 cm³/mol. The van der Waals surface area contributed by atoms with Gasteiger partial charge in [-0.15, -0.1) is 0 Å². The minimum Gasteiger partial charge on any atom is -0.504 e. The quantitative estimate of drug-likeness (QED) is 0.175. The summed E-state index contributed by atoms with van der Waals surface area (Å²) >= 11 is 0. The van der Waals surface area contributed by atoms with Gasteiger partial charge < -0.3 is 49.6 Å². The lowest BCUT2D eigenvalue weighted by molar-refractivity contribution is -0.277. The van der Waals surface area contributed by atoms with Gasteiger partial charge in [0.25, 0.3) is 0 Å². The van der Waals surface area contributed by atoms with Gasteiger partial charge in [0.15, 0.2) is 23.0 Å². The second kappa shape index (κ2) is 12.9. The van der Waals surface area contributed by atoms with E-state index in [4.69, 9.17) is 18.9 Å². The highest BCUT2D eigenvalue weighted by Crippen LogP contribution is 2.41. The number of hydrogen-bond acceptors (Lipinski definition) is 11. The maximum absolute atomic E-state index is 10.9. The van der Waals surface area contributed by atoms with E-state index in [1.807, 2.05) is 0 Å². The third kappa shape index (κ3) is 6.39. The lowest BCUT2D eigenvalue weighted by Crippen LogP contribution is -2.60. The molecule has 1 saturated heterocycles. The fourth-order valence-corrected chi connectivity index (χ4v) is 4.16. The van der Waals surface area contributed by atoms with E-state index in [1.54, 1.807) is 24.3 Å². The van der Waals surface area contributed by atoms with Gasteiger partial charge in [-0.2, -0.15) is 0 Å². The van der Waals surface area contributed by atoms with Crippen LogP contribution in [-0.2, 0) is 16.0 Å². The minimum absolute atomic E-state index is 0.0406. The number of allylic oxidation sites excluding steroid dienone is 1. The van der Waals surface area contributed by atoms with Crippen molar-refractivity contribution in [1.82, 2.24) is 0 Å². The summed E-state index contributed by atoms with van der Waals surface area (Å²) in [5, 5.41) is 60.6. The average molecular weight is 521 g/mol. The molecule has 3 rings (SSSR count). The van der Waals surface area contributed by atoms with E-state index in [0.29, 0.717) is 17.4 Å². The Kier molecular flexibility index (Phi) is 9.86. The largest absolute Gasteiger partial charge is 0.504 e. The van der Waals surface area contributed by atoms with Crippen LogP contribution in [0.25, 0.3) is 6.08 Å². The summed E-state index contributed by atoms with van der Waals surface area (Å²) in [6, 6.07) is 8.01. The molecule has 1 fully saturated rings. The molecule has 11 nitrogen and oxygen atoms in total. The molecular weight excluding hydrogens is 488 g/mol. The second-order valence-electron chi connectivity index (χ2n) is 8.54. The van der Waals surface area contributed by atoms with Crippen LogP contribution >= 0.6 is 0 Å². The Balaban J connectivity index is 2.07. The van der Waals surface area contributed by atoms with Gasteiger partial charge in [-0.1, -0.05) is 12.1 Å². The molecule has 37 heavy (non-hydrogen) atoms. The monoisotopic (exact) mass is 520 g/mol. The van der Waals surface area contributed by atoms with E-state index in [9.17, 15) is 35.4 Å². The highest BCUT2D eigenvalue weighted by Gasteiger charge is 2.45. The fourth-order valence-electron chi connectivity index (χ4n) is 4.16. The number of aliphatic hydroxyl groups excluding tert-OH is 5. The van der Waals surface area contributed by atoms with E-state index in [-0.39, 0.29) is 36.0 Å². The molecule has 202 valence electrons. The molecule has 1 heterocycles. The number of rotatable bonds is 11. The van der Waals surface area contributed by atoms with Crippen LogP contribution < -0.4 is 14.2 Å². The van der Waals surface area contributed by atoms with Crippen molar-refractivity contribution < 1.29 is 54.4 Å². The number of aromatic hydroxyl groups is 1. The van der Waals surface area contributed by atoms with E-state index in [2.05, 4.69) is 0 Å². The molecule has 6 atom stereocenters. The maximum Gasteiger partial charge on any atom is 0.229 e. The topological polar surface area (TPSA) is 175 Å². The van der Waals surface area contributed by atoms with Crippen LogP contribution in [0.3, 0.4) is 0 Å². The van der Waals surface area contributed by atoms with Crippen LogP contribution in [0.2, 0.25) is 0 Å². The van der Waals surface area contributed by atoms with Crippen LogP contribution in [0.5, 0.6) is 23.0 Å². The first-order chi connectivity index (χ1) is 17.8.